The highest BCUT2D eigenvalue weighted by atomic mass is 79.9. The summed E-state index contributed by atoms with van der Waals surface area (Å²) in [7, 11) is 0. The molecule has 6 heteroatoms. The highest BCUT2D eigenvalue weighted by Crippen LogP contribution is 2.32. The first-order valence-electron chi connectivity index (χ1n) is 6.16. The van der Waals surface area contributed by atoms with Crippen LogP contribution in [0.5, 0.6) is 0 Å². The van der Waals surface area contributed by atoms with E-state index in [0.717, 1.165) is 4.47 Å². The zero-order chi connectivity index (χ0) is 15.3. The lowest BCUT2D eigenvalue weighted by Gasteiger charge is -2.09. The highest BCUT2D eigenvalue weighted by Gasteiger charge is 2.20. The molecule has 0 aliphatic heterocycles. The number of pyridine rings is 1. The molecule has 0 atom stereocenters. The summed E-state index contributed by atoms with van der Waals surface area (Å²) in [4.78, 5) is 15.9. The molecule has 1 aromatic carbocycles. The van der Waals surface area contributed by atoms with E-state index in [2.05, 4.69) is 20.9 Å². The van der Waals surface area contributed by atoms with Gasteiger partial charge in [-0.2, -0.15) is 0 Å². The first-order valence-corrected chi connectivity index (χ1v) is 7.71. The fourth-order valence-corrected chi connectivity index (χ4v) is 2.54. The topological polar surface area (TPSA) is 39.2 Å². The molecule has 0 unspecified atom stereocenters. The van der Waals surface area contributed by atoms with Gasteiger partial charge in [0, 0.05) is 9.86 Å². The van der Waals surface area contributed by atoms with Crippen LogP contribution in [0.4, 0.5) is 0 Å². The predicted octanol–water partition coefficient (Wildman–Crippen LogP) is 5.51. The second-order valence-corrected chi connectivity index (χ2v) is 5.13. The Morgan fingerprint density at radius 2 is 2.00 bits per heavy atom. The van der Waals surface area contributed by atoms with Crippen molar-refractivity contribution in [2.75, 3.05) is 6.61 Å². The second kappa shape index (κ2) is 7.81. The van der Waals surface area contributed by atoms with Crippen molar-refractivity contribution in [3.63, 3.8) is 0 Å². The molecule has 1 aromatic heterocycles. The zero-order valence-corrected chi connectivity index (χ0v) is 14.4. The van der Waals surface area contributed by atoms with Crippen molar-refractivity contribution < 1.29 is 9.53 Å². The lowest BCUT2D eigenvalue weighted by molar-refractivity contribution is 0.0526. The van der Waals surface area contributed by atoms with Gasteiger partial charge in [0.1, 0.15) is 10.7 Å². The van der Waals surface area contributed by atoms with Gasteiger partial charge in [-0.15, -0.1) is 0 Å². The van der Waals surface area contributed by atoms with Crippen LogP contribution >= 0.6 is 39.1 Å². The van der Waals surface area contributed by atoms with Gasteiger partial charge < -0.3 is 4.74 Å². The maximum absolute atomic E-state index is 11.8. The summed E-state index contributed by atoms with van der Waals surface area (Å²) in [6, 6.07) is 5.38. The van der Waals surface area contributed by atoms with Gasteiger partial charge in [0.2, 0.25) is 0 Å². The van der Waals surface area contributed by atoms with Crippen LogP contribution in [-0.2, 0) is 4.74 Å². The minimum Gasteiger partial charge on any atom is -0.462 e. The van der Waals surface area contributed by atoms with Crippen LogP contribution < -0.4 is 0 Å². The van der Waals surface area contributed by atoms with Crippen molar-refractivity contribution in [2.24, 2.45) is 0 Å². The Bertz CT molecular complexity index is 632. The molecule has 108 valence electrons. The number of fused-ring (bicyclic) bond motifs is 1. The molecule has 0 amide bonds. The molecule has 2 aromatic rings. The van der Waals surface area contributed by atoms with Crippen molar-refractivity contribution >= 4 is 56.0 Å². The van der Waals surface area contributed by atoms with E-state index in [-0.39, 0.29) is 22.3 Å². The molecule has 3 nitrogen and oxygen atoms in total. The van der Waals surface area contributed by atoms with Crippen LogP contribution in [0.3, 0.4) is 0 Å². The van der Waals surface area contributed by atoms with Crippen molar-refractivity contribution in [2.45, 2.75) is 20.8 Å². The van der Waals surface area contributed by atoms with Gasteiger partial charge in [0.15, 0.2) is 0 Å². The molecule has 0 spiro atoms. The number of hydrogen-bond acceptors (Lipinski definition) is 3. The number of halogens is 3. The Hall–Kier alpha value is -0.840. The molecule has 0 bridgehead atoms. The smallest absolute Gasteiger partial charge is 0.342 e. The van der Waals surface area contributed by atoms with Crippen molar-refractivity contribution in [3.05, 3.63) is 38.4 Å². The Morgan fingerprint density at radius 3 is 2.60 bits per heavy atom. The average Bonchev–Trinajstić information content (AvgIpc) is 2.42. The van der Waals surface area contributed by atoms with Gasteiger partial charge in [-0.1, -0.05) is 53.0 Å². The van der Waals surface area contributed by atoms with Gasteiger partial charge >= 0.3 is 5.97 Å². The summed E-state index contributed by atoms with van der Waals surface area (Å²) in [5, 5.41) is 0.955. The van der Waals surface area contributed by atoms with E-state index in [0.29, 0.717) is 10.9 Å². The standard InChI is InChI=1S/C12H8BrCl2NO2.C2H6/c1-2-18-12(17)9-10(14)7-5-6(13)3-4-8(7)16-11(9)15;1-2/h3-5H,2H2,1H3;1-2H3. The number of rotatable bonds is 2. The third-order valence-corrected chi connectivity index (χ3v) is 3.48. The molecule has 0 fully saturated rings. The average molecular weight is 379 g/mol. The summed E-state index contributed by atoms with van der Waals surface area (Å²) >= 11 is 15.5. The lowest BCUT2D eigenvalue weighted by Crippen LogP contribution is -2.07. The number of aromatic nitrogens is 1. The van der Waals surface area contributed by atoms with E-state index in [1.165, 1.54) is 0 Å². The first-order chi connectivity index (χ1) is 9.54. The minimum atomic E-state index is -0.568. The summed E-state index contributed by atoms with van der Waals surface area (Å²) in [5.74, 6) is -0.568. The number of nitrogens with zero attached hydrogens (tertiary/aromatic N) is 1. The molecule has 20 heavy (non-hydrogen) atoms. The molecular weight excluding hydrogens is 365 g/mol. The van der Waals surface area contributed by atoms with Crippen LogP contribution in [0.15, 0.2) is 22.7 Å². The van der Waals surface area contributed by atoms with E-state index in [9.17, 15) is 4.79 Å². The fraction of sp³-hybridized carbons (Fsp3) is 0.286. The van der Waals surface area contributed by atoms with Gasteiger partial charge in [-0.05, 0) is 25.1 Å². The first kappa shape index (κ1) is 17.2. The van der Waals surface area contributed by atoms with E-state index in [4.69, 9.17) is 27.9 Å². The quantitative estimate of drug-likeness (QED) is 0.511. The van der Waals surface area contributed by atoms with Crippen LogP contribution in [-0.4, -0.2) is 17.6 Å². The number of carbonyl (C=O) groups is 1. The van der Waals surface area contributed by atoms with Crippen molar-refractivity contribution in [3.8, 4) is 0 Å². The zero-order valence-electron chi connectivity index (χ0n) is 11.3. The SMILES string of the molecule is CC.CCOC(=O)c1c(Cl)nc2ccc(Br)cc2c1Cl. The number of ether oxygens (including phenoxy) is 1. The van der Waals surface area contributed by atoms with Gasteiger partial charge in [-0.3, -0.25) is 0 Å². The molecule has 0 N–H and O–H groups in total. The monoisotopic (exact) mass is 377 g/mol. The largest absolute Gasteiger partial charge is 0.462 e. The number of carbonyl (C=O) groups excluding carboxylic acids is 1. The second-order valence-electron chi connectivity index (χ2n) is 3.47. The number of esters is 1. The Labute approximate surface area is 136 Å². The molecule has 0 aliphatic rings. The Morgan fingerprint density at radius 1 is 1.35 bits per heavy atom. The predicted molar refractivity (Wildman–Crippen MR) is 86.8 cm³/mol. The van der Waals surface area contributed by atoms with Crippen molar-refractivity contribution in [1.29, 1.82) is 0 Å². The van der Waals surface area contributed by atoms with Gasteiger partial charge in [0.05, 0.1) is 17.1 Å². The van der Waals surface area contributed by atoms with E-state index >= 15 is 0 Å². The summed E-state index contributed by atoms with van der Waals surface area (Å²) in [5.41, 5.74) is 0.729. The normalized spacial score (nSPS) is 9.90. The molecular formula is C14H14BrCl2NO2. The molecule has 0 aliphatic carbocycles. The highest BCUT2D eigenvalue weighted by molar-refractivity contribution is 9.10. The number of benzene rings is 1. The molecule has 0 saturated heterocycles. The summed E-state index contributed by atoms with van der Waals surface area (Å²) < 4.78 is 5.75. The van der Waals surface area contributed by atoms with Crippen molar-refractivity contribution in [1.82, 2.24) is 4.98 Å². The molecule has 0 radical (unpaired) electrons. The molecule has 0 saturated carbocycles. The molecule has 1 heterocycles. The maximum Gasteiger partial charge on any atom is 0.342 e. The van der Waals surface area contributed by atoms with Gasteiger partial charge in [-0.25, -0.2) is 9.78 Å². The van der Waals surface area contributed by atoms with Crippen LogP contribution in [0.1, 0.15) is 31.1 Å². The maximum atomic E-state index is 11.8. The van der Waals surface area contributed by atoms with E-state index < -0.39 is 5.97 Å². The Balaban J connectivity index is 0.000000956. The number of hydrogen-bond donors (Lipinski definition) is 0. The molecule has 2 rings (SSSR count). The van der Waals surface area contributed by atoms with Crippen LogP contribution in [0.25, 0.3) is 10.9 Å². The van der Waals surface area contributed by atoms with E-state index in [1.807, 2.05) is 19.9 Å². The summed E-state index contributed by atoms with van der Waals surface area (Å²) in [6.07, 6.45) is 0. The summed E-state index contributed by atoms with van der Waals surface area (Å²) in [6.45, 7) is 5.97. The van der Waals surface area contributed by atoms with Crippen LogP contribution in [0, 0.1) is 0 Å². The third kappa shape index (κ3) is 3.62. The Kier molecular flexibility index (Phi) is 6.72. The third-order valence-electron chi connectivity index (χ3n) is 2.32. The van der Waals surface area contributed by atoms with Gasteiger partial charge in [0.25, 0.3) is 0 Å². The van der Waals surface area contributed by atoms with E-state index in [1.54, 1.807) is 19.1 Å². The minimum absolute atomic E-state index is 0.0493. The lowest BCUT2D eigenvalue weighted by atomic mass is 10.1. The van der Waals surface area contributed by atoms with Crippen LogP contribution in [0.2, 0.25) is 10.2 Å². The fourth-order valence-electron chi connectivity index (χ4n) is 1.55.